The summed E-state index contributed by atoms with van der Waals surface area (Å²) in [7, 11) is 1.37. The first kappa shape index (κ1) is 29.8. The van der Waals surface area contributed by atoms with Gasteiger partial charge in [0, 0.05) is 11.6 Å². The van der Waals surface area contributed by atoms with Crippen LogP contribution in [0.4, 0.5) is 17.6 Å². The number of allylic oxidation sites excluding steroid dienone is 1. The fourth-order valence-corrected chi connectivity index (χ4v) is 5.77. The first-order chi connectivity index (χ1) is 20.6. The van der Waals surface area contributed by atoms with Crippen molar-refractivity contribution in [3.63, 3.8) is 0 Å². The Morgan fingerprint density at radius 1 is 1.05 bits per heavy atom. The van der Waals surface area contributed by atoms with Crippen LogP contribution in [0, 0.1) is 23.3 Å². The number of hydrogen-bond donors (Lipinski definition) is 0. The molecule has 0 saturated carbocycles. The second-order valence-corrected chi connectivity index (χ2v) is 10.4. The molecule has 7 nitrogen and oxygen atoms in total. The van der Waals surface area contributed by atoms with E-state index in [2.05, 4.69) is 4.99 Å². The molecule has 0 spiro atoms. The average molecular weight is 613 g/mol. The molecule has 2 heterocycles. The van der Waals surface area contributed by atoms with Crippen LogP contribution in [0.1, 0.15) is 36.6 Å². The third-order valence-electron chi connectivity index (χ3n) is 6.68. The van der Waals surface area contributed by atoms with Gasteiger partial charge in [0.1, 0.15) is 12.4 Å². The van der Waals surface area contributed by atoms with Gasteiger partial charge in [0.25, 0.3) is 5.56 Å². The van der Waals surface area contributed by atoms with Crippen LogP contribution in [0.5, 0.6) is 11.5 Å². The monoisotopic (exact) mass is 612 g/mol. The number of esters is 1. The lowest BCUT2D eigenvalue weighted by Gasteiger charge is -2.24. The SMILES string of the molecule is CCOC(=O)C1=C(C)N=c2s/c(=C/c3ccc(OC)c(COc4c(F)c(F)cc(F)c4F)c3)c(=O)n2C1c1ccccc1. The van der Waals surface area contributed by atoms with E-state index in [9.17, 15) is 27.2 Å². The first-order valence-corrected chi connectivity index (χ1v) is 13.8. The summed E-state index contributed by atoms with van der Waals surface area (Å²) in [5.41, 5.74) is 1.76. The molecule has 0 N–H and O–H groups in total. The summed E-state index contributed by atoms with van der Waals surface area (Å²) in [6.07, 6.45) is 1.58. The van der Waals surface area contributed by atoms with Crippen LogP contribution in [0.25, 0.3) is 6.08 Å². The minimum atomic E-state index is -1.67. The highest BCUT2D eigenvalue weighted by Gasteiger charge is 2.33. The van der Waals surface area contributed by atoms with Gasteiger partial charge in [0.05, 0.1) is 35.6 Å². The Labute approximate surface area is 246 Å². The highest BCUT2D eigenvalue weighted by atomic mass is 32.1. The summed E-state index contributed by atoms with van der Waals surface area (Å²) in [4.78, 5) is 31.7. The number of carbonyl (C=O) groups excluding carboxylic acids is 1. The molecule has 0 saturated heterocycles. The molecule has 0 amide bonds. The molecule has 0 fully saturated rings. The van der Waals surface area contributed by atoms with Gasteiger partial charge >= 0.3 is 5.97 Å². The summed E-state index contributed by atoms with van der Waals surface area (Å²) in [6.45, 7) is 3.03. The molecule has 5 rings (SSSR count). The van der Waals surface area contributed by atoms with E-state index in [0.29, 0.717) is 26.2 Å². The van der Waals surface area contributed by atoms with E-state index >= 15 is 0 Å². The van der Waals surface area contributed by atoms with Crippen LogP contribution in [-0.2, 0) is 16.1 Å². The third kappa shape index (κ3) is 5.70. The summed E-state index contributed by atoms with van der Waals surface area (Å²) in [5.74, 6) is -8.03. The van der Waals surface area contributed by atoms with Crippen molar-refractivity contribution in [2.24, 2.45) is 4.99 Å². The lowest BCUT2D eigenvalue weighted by Crippen LogP contribution is -2.39. The van der Waals surface area contributed by atoms with Crippen LogP contribution >= 0.6 is 11.3 Å². The van der Waals surface area contributed by atoms with Gasteiger partial charge < -0.3 is 14.2 Å². The summed E-state index contributed by atoms with van der Waals surface area (Å²) in [6, 6.07) is 13.1. The number of carbonyl (C=O) groups is 1. The van der Waals surface area contributed by atoms with Crippen LogP contribution in [0.2, 0.25) is 0 Å². The van der Waals surface area contributed by atoms with E-state index in [1.807, 2.05) is 18.2 Å². The van der Waals surface area contributed by atoms with Gasteiger partial charge in [-0.1, -0.05) is 47.7 Å². The van der Waals surface area contributed by atoms with E-state index in [1.54, 1.807) is 50.3 Å². The van der Waals surface area contributed by atoms with Crippen molar-refractivity contribution >= 4 is 23.4 Å². The van der Waals surface area contributed by atoms with Gasteiger partial charge in [-0.2, -0.15) is 8.78 Å². The Balaban J connectivity index is 1.57. The third-order valence-corrected chi connectivity index (χ3v) is 7.66. The molecule has 1 aliphatic rings. The summed E-state index contributed by atoms with van der Waals surface area (Å²) >= 11 is 1.12. The molecule has 0 bridgehead atoms. The van der Waals surface area contributed by atoms with E-state index < -0.39 is 53.2 Å². The zero-order valence-corrected chi connectivity index (χ0v) is 23.9. The molecule has 1 aromatic heterocycles. The fraction of sp³-hybridized carbons (Fsp3) is 0.194. The second-order valence-electron chi connectivity index (χ2n) is 9.37. The molecule has 1 atom stereocenters. The predicted octanol–water partition coefficient (Wildman–Crippen LogP) is 4.94. The zero-order chi connectivity index (χ0) is 30.8. The molecule has 222 valence electrons. The first-order valence-electron chi connectivity index (χ1n) is 13.0. The fourth-order valence-electron chi connectivity index (χ4n) is 4.72. The van der Waals surface area contributed by atoms with Crippen LogP contribution < -0.4 is 24.4 Å². The van der Waals surface area contributed by atoms with E-state index in [4.69, 9.17) is 14.2 Å². The molecular formula is C31H24F4N2O5S. The van der Waals surface area contributed by atoms with Crippen LogP contribution in [0.15, 0.2) is 75.7 Å². The maximum Gasteiger partial charge on any atom is 0.338 e. The molecule has 1 aliphatic heterocycles. The lowest BCUT2D eigenvalue weighted by atomic mass is 9.96. The highest BCUT2D eigenvalue weighted by molar-refractivity contribution is 7.07. The van der Waals surface area contributed by atoms with E-state index in [1.165, 1.54) is 11.7 Å². The maximum absolute atomic E-state index is 14.1. The number of methoxy groups -OCH3 is 1. The molecule has 1 unspecified atom stereocenters. The van der Waals surface area contributed by atoms with Crippen molar-refractivity contribution in [1.82, 2.24) is 4.57 Å². The lowest BCUT2D eigenvalue weighted by molar-refractivity contribution is -0.139. The Bertz CT molecular complexity index is 1910. The van der Waals surface area contributed by atoms with Crippen molar-refractivity contribution in [3.05, 3.63) is 126 Å². The smallest absolute Gasteiger partial charge is 0.338 e. The van der Waals surface area contributed by atoms with Crippen LogP contribution in [0.3, 0.4) is 0 Å². The van der Waals surface area contributed by atoms with Gasteiger partial charge in [-0.05, 0) is 43.2 Å². The van der Waals surface area contributed by atoms with Gasteiger partial charge in [-0.3, -0.25) is 9.36 Å². The molecule has 12 heteroatoms. The quantitative estimate of drug-likeness (QED) is 0.160. The zero-order valence-electron chi connectivity index (χ0n) is 23.1. The van der Waals surface area contributed by atoms with Crippen molar-refractivity contribution < 1.29 is 36.6 Å². The Morgan fingerprint density at radius 2 is 1.74 bits per heavy atom. The van der Waals surface area contributed by atoms with E-state index in [0.717, 1.165) is 11.3 Å². The molecule has 0 radical (unpaired) electrons. The van der Waals surface area contributed by atoms with Crippen LogP contribution in [-0.4, -0.2) is 24.3 Å². The minimum absolute atomic E-state index is 0.0914. The molecule has 3 aromatic carbocycles. The second kappa shape index (κ2) is 12.3. The van der Waals surface area contributed by atoms with Crippen molar-refractivity contribution in [3.8, 4) is 11.5 Å². The molecule has 43 heavy (non-hydrogen) atoms. The number of rotatable bonds is 8. The van der Waals surface area contributed by atoms with Gasteiger partial charge in [-0.25, -0.2) is 18.6 Å². The van der Waals surface area contributed by atoms with Crippen molar-refractivity contribution in [1.29, 1.82) is 0 Å². The Kier molecular flexibility index (Phi) is 8.49. The largest absolute Gasteiger partial charge is 0.496 e. The number of thiazole rings is 1. The minimum Gasteiger partial charge on any atom is -0.496 e. The number of ether oxygens (including phenoxy) is 3. The number of aromatic nitrogens is 1. The van der Waals surface area contributed by atoms with Gasteiger partial charge in [-0.15, -0.1) is 0 Å². The summed E-state index contributed by atoms with van der Waals surface area (Å²) < 4.78 is 73.0. The Hall–Kier alpha value is -4.71. The normalized spacial score (nSPS) is 14.8. The number of benzene rings is 3. The van der Waals surface area contributed by atoms with Crippen molar-refractivity contribution in [2.45, 2.75) is 26.5 Å². The number of halogens is 4. The van der Waals surface area contributed by atoms with Gasteiger partial charge in [0.2, 0.25) is 11.6 Å². The predicted molar refractivity (Wildman–Crippen MR) is 150 cm³/mol. The maximum atomic E-state index is 14.1. The highest BCUT2D eigenvalue weighted by Crippen LogP contribution is 2.31. The van der Waals surface area contributed by atoms with E-state index in [-0.39, 0.29) is 29.6 Å². The summed E-state index contributed by atoms with van der Waals surface area (Å²) in [5, 5.41) is 0. The standard InChI is InChI=1S/C31H24F4N2O5S/c1-4-41-30(39)24-16(2)36-31-37(27(24)18-8-6-5-7-9-18)29(38)23(43-31)13-17-10-11-22(40-3)19(12-17)15-42-28-25(34)20(32)14-21(33)26(28)35/h5-14,27H,4,15H2,1-3H3/b23-13+. The number of fused-ring (bicyclic) bond motifs is 1. The Morgan fingerprint density at radius 3 is 2.40 bits per heavy atom. The molecule has 4 aromatic rings. The molecular weight excluding hydrogens is 588 g/mol. The number of hydrogen-bond acceptors (Lipinski definition) is 7. The topological polar surface area (TPSA) is 79.1 Å². The average Bonchev–Trinajstić information content (AvgIpc) is 3.29. The van der Waals surface area contributed by atoms with Crippen molar-refractivity contribution in [2.75, 3.05) is 13.7 Å². The number of nitrogens with zero attached hydrogens (tertiary/aromatic N) is 2. The van der Waals surface area contributed by atoms with Gasteiger partial charge in [0.15, 0.2) is 22.2 Å². The molecule has 0 aliphatic carbocycles.